The standard InChI is InChI=1S/C25H48O4/c1-7-11-13-21(9-3)15-16-23(26)24(19-22(10-4)14-12-8-2)28-17-18-29-25(27)20(5)6/h21-24,26H,5,7-19H2,1-4,6H3. The highest BCUT2D eigenvalue weighted by molar-refractivity contribution is 5.86. The lowest BCUT2D eigenvalue weighted by molar-refractivity contribution is -0.142. The molecule has 0 spiro atoms. The molecular formula is C25H48O4. The fourth-order valence-corrected chi connectivity index (χ4v) is 3.74. The summed E-state index contributed by atoms with van der Waals surface area (Å²) in [5, 5.41) is 10.9. The summed E-state index contributed by atoms with van der Waals surface area (Å²) in [4.78, 5) is 11.5. The average Bonchev–Trinajstić information content (AvgIpc) is 2.72. The lowest BCUT2D eigenvalue weighted by atomic mass is 9.88. The van der Waals surface area contributed by atoms with E-state index < -0.39 is 6.10 Å². The minimum absolute atomic E-state index is 0.191. The van der Waals surface area contributed by atoms with Crippen molar-refractivity contribution in [2.24, 2.45) is 11.8 Å². The molecule has 0 aliphatic rings. The summed E-state index contributed by atoms with van der Waals surface area (Å²) in [6.07, 6.45) is 11.6. The first kappa shape index (κ1) is 28.1. The highest BCUT2D eigenvalue weighted by atomic mass is 16.6. The van der Waals surface area contributed by atoms with Gasteiger partial charge in [0.15, 0.2) is 0 Å². The number of rotatable bonds is 19. The van der Waals surface area contributed by atoms with Crippen LogP contribution in [0.25, 0.3) is 0 Å². The first-order valence-electron chi connectivity index (χ1n) is 12.0. The topological polar surface area (TPSA) is 55.8 Å². The molecule has 1 N–H and O–H groups in total. The van der Waals surface area contributed by atoms with Gasteiger partial charge < -0.3 is 14.6 Å². The van der Waals surface area contributed by atoms with Crippen LogP contribution in [-0.4, -0.2) is 36.5 Å². The van der Waals surface area contributed by atoms with Crippen molar-refractivity contribution in [2.45, 2.75) is 117 Å². The quantitative estimate of drug-likeness (QED) is 0.150. The van der Waals surface area contributed by atoms with Gasteiger partial charge in [0, 0.05) is 5.57 Å². The molecule has 0 aromatic rings. The van der Waals surface area contributed by atoms with E-state index in [9.17, 15) is 9.90 Å². The molecule has 4 heteroatoms. The Kier molecular flexibility index (Phi) is 17.4. The molecule has 29 heavy (non-hydrogen) atoms. The van der Waals surface area contributed by atoms with Crippen LogP contribution < -0.4 is 0 Å². The highest BCUT2D eigenvalue weighted by Crippen LogP contribution is 2.25. The first-order chi connectivity index (χ1) is 13.9. The summed E-state index contributed by atoms with van der Waals surface area (Å²) >= 11 is 0. The molecule has 0 heterocycles. The SMILES string of the molecule is C=C(C)C(=O)OCCOC(CC(CC)CCCC)C(O)CCC(CC)CCCC. The van der Waals surface area contributed by atoms with Crippen molar-refractivity contribution in [2.75, 3.05) is 13.2 Å². The lowest BCUT2D eigenvalue weighted by Gasteiger charge is -2.28. The van der Waals surface area contributed by atoms with E-state index in [-0.39, 0.29) is 18.7 Å². The van der Waals surface area contributed by atoms with E-state index in [4.69, 9.17) is 9.47 Å². The number of aliphatic hydroxyl groups is 1. The van der Waals surface area contributed by atoms with Crippen molar-refractivity contribution in [1.29, 1.82) is 0 Å². The zero-order chi connectivity index (χ0) is 22.1. The predicted octanol–water partition coefficient (Wildman–Crippen LogP) is 6.45. The number of hydrogen-bond donors (Lipinski definition) is 1. The molecule has 0 radical (unpaired) electrons. The Morgan fingerprint density at radius 1 is 0.897 bits per heavy atom. The Morgan fingerprint density at radius 2 is 1.48 bits per heavy atom. The second-order valence-electron chi connectivity index (χ2n) is 8.54. The third-order valence-corrected chi connectivity index (χ3v) is 5.95. The molecule has 172 valence electrons. The molecule has 0 saturated heterocycles. The van der Waals surface area contributed by atoms with Gasteiger partial charge in [-0.3, -0.25) is 0 Å². The molecule has 0 rings (SSSR count). The van der Waals surface area contributed by atoms with Crippen LogP contribution in [0.15, 0.2) is 12.2 Å². The van der Waals surface area contributed by atoms with Crippen molar-refractivity contribution >= 4 is 5.97 Å². The minimum atomic E-state index is -0.460. The molecule has 0 aromatic carbocycles. The Labute approximate surface area is 180 Å². The molecular weight excluding hydrogens is 364 g/mol. The monoisotopic (exact) mass is 412 g/mol. The van der Waals surface area contributed by atoms with Crippen molar-refractivity contribution in [3.8, 4) is 0 Å². The van der Waals surface area contributed by atoms with E-state index in [0.29, 0.717) is 24.0 Å². The Balaban J connectivity index is 4.72. The Morgan fingerprint density at radius 3 is 2.00 bits per heavy atom. The van der Waals surface area contributed by atoms with E-state index in [1.807, 2.05) is 0 Å². The van der Waals surface area contributed by atoms with Gasteiger partial charge in [-0.1, -0.05) is 85.6 Å². The highest BCUT2D eigenvalue weighted by Gasteiger charge is 2.24. The zero-order valence-electron chi connectivity index (χ0n) is 19.9. The average molecular weight is 413 g/mol. The lowest BCUT2D eigenvalue weighted by Crippen LogP contribution is -2.33. The predicted molar refractivity (Wildman–Crippen MR) is 122 cm³/mol. The molecule has 0 aliphatic heterocycles. The van der Waals surface area contributed by atoms with Crippen molar-refractivity contribution in [3.05, 3.63) is 12.2 Å². The van der Waals surface area contributed by atoms with Crippen LogP contribution in [0.4, 0.5) is 0 Å². The van der Waals surface area contributed by atoms with Crippen molar-refractivity contribution in [3.63, 3.8) is 0 Å². The third-order valence-electron chi connectivity index (χ3n) is 5.95. The molecule has 0 fully saturated rings. The fourth-order valence-electron chi connectivity index (χ4n) is 3.74. The normalized spacial score (nSPS) is 15.5. The van der Waals surface area contributed by atoms with Gasteiger partial charge in [-0.15, -0.1) is 0 Å². The number of hydrogen-bond acceptors (Lipinski definition) is 4. The van der Waals surface area contributed by atoms with Crippen LogP contribution in [0.3, 0.4) is 0 Å². The maximum absolute atomic E-state index is 11.5. The summed E-state index contributed by atoms with van der Waals surface area (Å²) in [6, 6.07) is 0. The number of carbonyl (C=O) groups excluding carboxylic acids is 1. The van der Waals surface area contributed by atoms with E-state index in [1.165, 1.54) is 44.9 Å². The number of unbranched alkanes of at least 4 members (excludes halogenated alkanes) is 2. The maximum atomic E-state index is 11.5. The zero-order valence-corrected chi connectivity index (χ0v) is 19.9. The van der Waals surface area contributed by atoms with Gasteiger partial charge >= 0.3 is 5.97 Å². The van der Waals surface area contributed by atoms with Crippen LogP contribution in [0.5, 0.6) is 0 Å². The van der Waals surface area contributed by atoms with E-state index in [0.717, 1.165) is 25.7 Å². The summed E-state index contributed by atoms with van der Waals surface area (Å²) in [6.45, 7) is 14.7. The first-order valence-corrected chi connectivity index (χ1v) is 12.0. The van der Waals surface area contributed by atoms with Gasteiger partial charge in [-0.25, -0.2) is 4.79 Å². The third kappa shape index (κ3) is 13.9. The number of ether oxygens (including phenoxy) is 2. The second kappa shape index (κ2) is 17.9. The molecule has 4 atom stereocenters. The maximum Gasteiger partial charge on any atom is 0.333 e. The minimum Gasteiger partial charge on any atom is -0.460 e. The number of aliphatic hydroxyl groups excluding tert-OH is 1. The van der Waals surface area contributed by atoms with Gasteiger partial charge in [0.25, 0.3) is 0 Å². The van der Waals surface area contributed by atoms with Gasteiger partial charge in [-0.05, 0) is 38.0 Å². The van der Waals surface area contributed by atoms with Gasteiger partial charge in [-0.2, -0.15) is 0 Å². The molecule has 4 unspecified atom stereocenters. The summed E-state index contributed by atoms with van der Waals surface area (Å²) in [7, 11) is 0. The van der Waals surface area contributed by atoms with Crippen LogP contribution >= 0.6 is 0 Å². The van der Waals surface area contributed by atoms with Gasteiger partial charge in [0.05, 0.1) is 18.8 Å². The van der Waals surface area contributed by atoms with Crippen molar-refractivity contribution in [1.82, 2.24) is 0 Å². The van der Waals surface area contributed by atoms with E-state index in [2.05, 4.69) is 34.3 Å². The second-order valence-corrected chi connectivity index (χ2v) is 8.54. The molecule has 4 nitrogen and oxygen atoms in total. The van der Waals surface area contributed by atoms with Gasteiger partial charge in [0.1, 0.15) is 6.61 Å². The Bertz CT molecular complexity index is 421. The van der Waals surface area contributed by atoms with E-state index >= 15 is 0 Å². The summed E-state index contributed by atoms with van der Waals surface area (Å²) < 4.78 is 11.2. The Hall–Kier alpha value is -0.870. The molecule has 0 saturated carbocycles. The summed E-state index contributed by atoms with van der Waals surface area (Å²) in [5.74, 6) is 0.861. The van der Waals surface area contributed by atoms with Gasteiger partial charge in [0.2, 0.25) is 0 Å². The fraction of sp³-hybridized carbons (Fsp3) is 0.880. The number of carbonyl (C=O) groups is 1. The molecule has 0 bridgehead atoms. The molecule has 0 amide bonds. The number of esters is 1. The summed E-state index contributed by atoms with van der Waals surface area (Å²) in [5.41, 5.74) is 0.393. The molecule has 0 aliphatic carbocycles. The van der Waals surface area contributed by atoms with Crippen LogP contribution in [0.1, 0.15) is 105 Å². The van der Waals surface area contributed by atoms with Crippen LogP contribution in [0, 0.1) is 11.8 Å². The smallest absolute Gasteiger partial charge is 0.333 e. The molecule has 0 aromatic heterocycles. The van der Waals surface area contributed by atoms with Crippen molar-refractivity contribution < 1.29 is 19.4 Å². The van der Waals surface area contributed by atoms with E-state index in [1.54, 1.807) is 6.92 Å². The van der Waals surface area contributed by atoms with Crippen LogP contribution in [-0.2, 0) is 14.3 Å². The largest absolute Gasteiger partial charge is 0.460 e. The van der Waals surface area contributed by atoms with Crippen LogP contribution in [0.2, 0.25) is 0 Å².